The van der Waals surface area contributed by atoms with Gasteiger partial charge in [-0.1, -0.05) is 24.3 Å². The molecule has 0 amide bonds. The van der Waals surface area contributed by atoms with Crippen LogP contribution in [0.15, 0.2) is 81.7 Å². The fourth-order valence-electron chi connectivity index (χ4n) is 5.69. The van der Waals surface area contributed by atoms with Gasteiger partial charge >= 0.3 is 6.36 Å². The van der Waals surface area contributed by atoms with E-state index < -0.39 is 52.4 Å². The molecule has 14 heteroatoms. The molecular weight excluding hydrogens is 653 g/mol. The summed E-state index contributed by atoms with van der Waals surface area (Å²) >= 11 is 0. The Morgan fingerprint density at radius 3 is 1.80 bits per heavy atom. The second kappa shape index (κ2) is 12.3. The molecule has 2 aliphatic carbocycles. The monoisotopic (exact) mass is 666 g/mol. The number of nitriles is 5. The highest BCUT2D eigenvalue weighted by Gasteiger charge is 2.35. The van der Waals surface area contributed by atoms with E-state index in [0.717, 1.165) is 13.0 Å². The molecule has 0 radical (unpaired) electrons. The third kappa shape index (κ3) is 5.57. The number of fused-ring (bicyclic) bond motifs is 3. The first kappa shape index (κ1) is 33.4. The zero-order valence-corrected chi connectivity index (χ0v) is 24.8. The Morgan fingerprint density at radius 2 is 1.27 bits per heavy atom. The highest BCUT2D eigenvalue weighted by Crippen LogP contribution is 2.50. The van der Waals surface area contributed by atoms with Gasteiger partial charge < -0.3 is 4.74 Å². The van der Waals surface area contributed by atoms with Gasteiger partial charge in [0.2, 0.25) is 11.6 Å². The van der Waals surface area contributed by atoms with Crippen LogP contribution in [0.1, 0.15) is 30.5 Å². The zero-order valence-electron chi connectivity index (χ0n) is 24.8. The van der Waals surface area contributed by atoms with Gasteiger partial charge in [-0.15, -0.1) is 13.2 Å². The molecule has 0 unspecified atom stereocenters. The highest BCUT2D eigenvalue weighted by molar-refractivity contribution is 6.07. The first-order valence-electron chi connectivity index (χ1n) is 13.6. The molecule has 0 spiro atoms. The van der Waals surface area contributed by atoms with Crippen molar-refractivity contribution in [3.8, 4) is 52.7 Å². The Bertz CT molecular complexity index is 2380. The van der Waals surface area contributed by atoms with Gasteiger partial charge in [-0.2, -0.15) is 35.1 Å². The molecule has 0 bridgehead atoms. The third-order valence-electron chi connectivity index (χ3n) is 7.65. The number of benzene rings is 2. The minimum absolute atomic E-state index is 0.0121. The van der Waals surface area contributed by atoms with E-state index in [4.69, 9.17) is 0 Å². The SMILES string of the molecule is CC1=C(/C=C(\C)OC(F)(F)F)C(=C(C#N)C#N)C(c2ccc3c(c2)C(=C(C#N)C#N)c2cc(-c4nc(F)c(F)c(F)c4F)ccc2-3)=C1C#N. The van der Waals surface area contributed by atoms with Crippen molar-refractivity contribution in [1.82, 2.24) is 4.98 Å². The summed E-state index contributed by atoms with van der Waals surface area (Å²) in [6.45, 7) is 2.39. The Hall–Kier alpha value is -6.95. The second-order valence-electron chi connectivity index (χ2n) is 10.4. The third-order valence-corrected chi connectivity index (χ3v) is 7.65. The Labute approximate surface area is 272 Å². The summed E-state index contributed by atoms with van der Waals surface area (Å²) in [5, 5.41) is 49.5. The average molecular weight is 667 g/mol. The molecular formula is C35H13F7N6O. The number of halogens is 7. The fourth-order valence-corrected chi connectivity index (χ4v) is 5.69. The van der Waals surface area contributed by atoms with Gasteiger partial charge in [0.05, 0.1) is 5.57 Å². The van der Waals surface area contributed by atoms with E-state index >= 15 is 0 Å². The topological polar surface area (TPSA) is 141 Å². The van der Waals surface area contributed by atoms with Crippen LogP contribution in [0.5, 0.6) is 0 Å². The number of allylic oxidation sites excluding steroid dienone is 9. The number of ether oxygens (including phenoxy) is 1. The predicted molar refractivity (Wildman–Crippen MR) is 157 cm³/mol. The van der Waals surface area contributed by atoms with Crippen LogP contribution in [0.4, 0.5) is 30.7 Å². The van der Waals surface area contributed by atoms with E-state index in [1.54, 1.807) is 24.3 Å². The molecule has 1 heterocycles. The summed E-state index contributed by atoms with van der Waals surface area (Å²) in [7, 11) is 0. The van der Waals surface area contributed by atoms with Crippen molar-refractivity contribution >= 4 is 11.1 Å². The summed E-state index contributed by atoms with van der Waals surface area (Å²) in [5.41, 5.74) is -1.13. The van der Waals surface area contributed by atoms with Crippen molar-refractivity contribution in [2.45, 2.75) is 20.2 Å². The first-order chi connectivity index (χ1) is 23.2. The van der Waals surface area contributed by atoms with E-state index in [2.05, 4.69) is 9.72 Å². The van der Waals surface area contributed by atoms with E-state index in [9.17, 15) is 57.0 Å². The lowest BCUT2D eigenvalue weighted by Gasteiger charge is -2.13. The first-order valence-corrected chi connectivity index (χ1v) is 13.6. The fraction of sp³-hybridized carbons (Fsp3) is 0.0857. The average Bonchev–Trinajstić information content (AvgIpc) is 3.52. The standard InChI is InChI=1S/C35H13F7N6O/c1-15(49-35(40,41)42)7-23-16(2)26(14-47)28(29(23)20(12-45)13-46)17-3-5-21-22-6-4-18(33-31(37)30(36)32(38)34(39)48-33)9-25(22)27(24(21)8-17)19(10-43)11-44/h3-9H,1-2H3/b15-7+. The smallest absolute Gasteiger partial charge is 0.411 e. The Kier molecular flexibility index (Phi) is 8.41. The molecule has 0 N–H and O–H groups in total. The van der Waals surface area contributed by atoms with Crippen LogP contribution in [0, 0.1) is 80.1 Å². The Balaban J connectivity index is 1.76. The molecule has 0 fully saturated rings. The predicted octanol–water partition coefficient (Wildman–Crippen LogP) is 8.53. The molecule has 49 heavy (non-hydrogen) atoms. The van der Waals surface area contributed by atoms with Crippen LogP contribution in [0.25, 0.3) is 33.5 Å². The van der Waals surface area contributed by atoms with Crippen molar-refractivity contribution in [1.29, 1.82) is 26.3 Å². The summed E-state index contributed by atoms with van der Waals surface area (Å²) in [5.74, 6) is -8.56. The van der Waals surface area contributed by atoms with Crippen molar-refractivity contribution in [2.24, 2.45) is 0 Å². The van der Waals surface area contributed by atoms with Gasteiger partial charge in [0, 0.05) is 22.3 Å². The van der Waals surface area contributed by atoms with Crippen LogP contribution in [0.3, 0.4) is 0 Å². The Morgan fingerprint density at radius 1 is 0.735 bits per heavy atom. The lowest BCUT2D eigenvalue weighted by molar-refractivity contribution is -0.305. The molecule has 7 nitrogen and oxygen atoms in total. The van der Waals surface area contributed by atoms with Crippen LogP contribution in [-0.2, 0) is 4.74 Å². The second-order valence-corrected chi connectivity index (χ2v) is 10.4. The van der Waals surface area contributed by atoms with Crippen molar-refractivity contribution in [2.75, 3.05) is 0 Å². The number of rotatable bonds is 4. The molecule has 1 aromatic heterocycles. The van der Waals surface area contributed by atoms with E-state index in [1.165, 1.54) is 43.3 Å². The van der Waals surface area contributed by atoms with Crippen molar-refractivity contribution in [3.63, 3.8) is 0 Å². The molecule has 5 rings (SSSR count). The van der Waals surface area contributed by atoms with Gasteiger partial charge in [-0.05, 0) is 71.0 Å². The summed E-state index contributed by atoms with van der Waals surface area (Å²) < 4.78 is 99.2. The molecule has 2 aliphatic rings. The number of aromatic nitrogens is 1. The molecule has 238 valence electrons. The summed E-state index contributed by atoms with van der Waals surface area (Å²) in [6.07, 6.45) is -4.12. The quantitative estimate of drug-likeness (QED) is 0.0920. The van der Waals surface area contributed by atoms with E-state index in [0.29, 0.717) is 11.1 Å². The molecule has 0 saturated heterocycles. The van der Waals surface area contributed by atoms with Gasteiger partial charge in [-0.25, -0.2) is 13.8 Å². The van der Waals surface area contributed by atoms with Crippen molar-refractivity contribution < 1.29 is 35.5 Å². The van der Waals surface area contributed by atoms with Crippen LogP contribution in [0.2, 0.25) is 0 Å². The maximum Gasteiger partial charge on any atom is 0.572 e. The maximum atomic E-state index is 14.7. The maximum absolute atomic E-state index is 14.7. The number of hydrogen-bond acceptors (Lipinski definition) is 7. The number of pyridine rings is 1. The zero-order chi connectivity index (χ0) is 35.9. The molecule has 3 aromatic rings. The van der Waals surface area contributed by atoms with E-state index in [-0.39, 0.29) is 55.7 Å². The minimum atomic E-state index is -5.06. The van der Waals surface area contributed by atoms with Crippen LogP contribution < -0.4 is 0 Å². The van der Waals surface area contributed by atoms with Gasteiger partial charge in [0.15, 0.2) is 5.82 Å². The number of nitrogens with zero attached hydrogens (tertiary/aromatic N) is 6. The normalized spacial score (nSPS) is 13.6. The van der Waals surface area contributed by atoms with Gasteiger partial charge in [0.25, 0.3) is 5.95 Å². The molecule has 0 atom stereocenters. The van der Waals surface area contributed by atoms with Gasteiger partial charge in [-0.3, -0.25) is 0 Å². The van der Waals surface area contributed by atoms with Gasteiger partial charge in [0.1, 0.15) is 52.9 Å². The lowest BCUT2D eigenvalue weighted by atomic mass is 9.89. The van der Waals surface area contributed by atoms with Crippen LogP contribution >= 0.6 is 0 Å². The largest absolute Gasteiger partial charge is 0.572 e. The van der Waals surface area contributed by atoms with E-state index in [1.807, 2.05) is 6.07 Å². The molecule has 0 saturated carbocycles. The highest BCUT2D eigenvalue weighted by atomic mass is 19.4. The summed E-state index contributed by atoms with van der Waals surface area (Å²) in [4.78, 5) is 3.19. The number of hydrogen-bond donors (Lipinski definition) is 0. The van der Waals surface area contributed by atoms with Crippen molar-refractivity contribution in [3.05, 3.63) is 122 Å². The minimum Gasteiger partial charge on any atom is -0.411 e. The molecule has 2 aromatic carbocycles. The number of alkyl halides is 3. The van der Waals surface area contributed by atoms with Crippen LogP contribution in [-0.4, -0.2) is 11.3 Å². The summed E-state index contributed by atoms with van der Waals surface area (Å²) in [6, 6.07) is 17.1. The lowest BCUT2D eigenvalue weighted by Crippen LogP contribution is -2.11. The molecule has 0 aliphatic heterocycles.